The average molecular weight is 239 g/mol. The van der Waals surface area contributed by atoms with Crippen LogP contribution in [0.3, 0.4) is 0 Å². The molecular weight excluding hydrogens is 222 g/mol. The predicted molar refractivity (Wildman–Crippen MR) is 73.9 cm³/mol. The lowest BCUT2D eigenvalue weighted by atomic mass is 10.1. The number of ketones is 1. The Hall–Kier alpha value is -2.09. The lowest BCUT2D eigenvalue weighted by Crippen LogP contribution is -2.09. The minimum Gasteiger partial charge on any atom is -0.341 e. The van der Waals surface area contributed by atoms with E-state index in [4.69, 9.17) is 0 Å². The molecule has 1 heterocycles. The maximum absolute atomic E-state index is 12.3. The second-order valence-corrected chi connectivity index (χ2v) is 4.21. The van der Waals surface area contributed by atoms with Crippen molar-refractivity contribution in [2.24, 2.45) is 0 Å². The summed E-state index contributed by atoms with van der Waals surface area (Å²) in [5, 5.41) is 0. The highest BCUT2D eigenvalue weighted by Gasteiger charge is 2.12. The fourth-order valence-electron chi connectivity index (χ4n) is 1.96. The summed E-state index contributed by atoms with van der Waals surface area (Å²) in [4.78, 5) is 12.3. The SMILES string of the molecule is C=CCn1cccc1C(=O)c1ccc(CC)cc1. The Kier molecular flexibility index (Phi) is 3.78. The first-order valence-electron chi connectivity index (χ1n) is 6.16. The van der Waals surface area contributed by atoms with Gasteiger partial charge in [-0.05, 0) is 24.1 Å². The lowest BCUT2D eigenvalue weighted by molar-refractivity contribution is 0.103. The highest BCUT2D eigenvalue weighted by atomic mass is 16.1. The second kappa shape index (κ2) is 5.50. The quantitative estimate of drug-likeness (QED) is 0.578. The van der Waals surface area contributed by atoms with Crippen LogP contribution >= 0.6 is 0 Å². The van der Waals surface area contributed by atoms with Crippen LogP contribution < -0.4 is 0 Å². The number of hydrogen-bond donors (Lipinski definition) is 0. The van der Waals surface area contributed by atoms with Crippen molar-refractivity contribution in [1.82, 2.24) is 4.57 Å². The zero-order chi connectivity index (χ0) is 13.0. The summed E-state index contributed by atoms with van der Waals surface area (Å²) in [6.45, 7) is 6.46. The molecule has 92 valence electrons. The van der Waals surface area contributed by atoms with Gasteiger partial charge < -0.3 is 4.57 Å². The van der Waals surface area contributed by atoms with E-state index in [0.717, 1.165) is 12.0 Å². The van der Waals surface area contributed by atoms with Crippen LogP contribution in [0.4, 0.5) is 0 Å². The van der Waals surface area contributed by atoms with Crippen molar-refractivity contribution in [2.75, 3.05) is 0 Å². The van der Waals surface area contributed by atoms with Crippen LogP contribution in [-0.2, 0) is 13.0 Å². The molecule has 0 aliphatic carbocycles. The van der Waals surface area contributed by atoms with Crippen LogP contribution in [0.2, 0.25) is 0 Å². The summed E-state index contributed by atoms with van der Waals surface area (Å²) < 4.78 is 1.91. The van der Waals surface area contributed by atoms with Gasteiger partial charge in [0.2, 0.25) is 5.78 Å². The lowest BCUT2D eigenvalue weighted by Gasteiger charge is -2.06. The molecule has 2 heteroatoms. The fourth-order valence-corrected chi connectivity index (χ4v) is 1.96. The van der Waals surface area contributed by atoms with E-state index < -0.39 is 0 Å². The van der Waals surface area contributed by atoms with Gasteiger partial charge in [-0.15, -0.1) is 6.58 Å². The van der Waals surface area contributed by atoms with E-state index in [1.54, 1.807) is 6.08 Å². The number of rotatable bonds is 5. The van der Waals surface area contributed by atoms with Crippen LogP contribution in [0.5, 0.6) is 0 Å². The first kappa shape index (κ1) is 12.4. The smallest absolute Gasteiger partial charge is 0.209 e. The number of nitrogens with zero attached hydrogens (tertiary/aromatic N) is 1. The highest BCUT2D eigenvalue weighted by Crippen LogP contribution is 2.12. The molecule has 0 amide bonds. The molecule has 0 bridgehead atoms. The third-order valence-corrected chi connectivity index (χ3v) is 3.01. The van der Waals surface area contributed by atoms with Crippen molar-refractivity contribution >= 4 is 5.78 Å². The van der Waals surface area contributed by atoms with Crippen molar-refractivity contribution in [3.05, 3.63) is 72.1 Å². The number of aryl methyl sites for hydroxylation is 1. The Balaban J connectivity index is 2.29. The molecular formula is C16H17NO. The fraction of sp³-hybridized carbons (Fsp3) is 0.188. The first-order chi connectivity index (χ1) is 8.76. The molecule has 2 aromatic rings. The minimum absolute atomic E-state index is 0.0597. The molecule has 0 fully saturated rings. The Bertz CT molecular complexity index is 549. The topological polar surface area (TPSA) is 22.0 Å². The number of aromatic nitrogens is 1. The number of benzene rings is 1. The van der Waals surface area contributed by atoms with Crippen LogP contribution in [0.15, 0.2) is 55.3 Å². The summed E-state index contributed by atoms with van der Waals surface area (Å²) in [6.07, 6.45) is 4.67. The second-order valence-electron chi connectivity index (χ2n) is 4.21. The Morgan fingerprint density at radius 3 is 2.61 bits per heavy atom. The van der Waals surface area contributed by atoms with Gasteiger partial charge >= 0.3 is 0 Å². The van der Waals surface area contributed by atoms with Crippen molar-refractivity contribution in [3.63, 3.8) is 0 Å². The molecule has 0 saturated heterocycles. The Morgan fingerprint density at radius 2 is 2.00 bits per heavy atom. The molecule has 1 aromatic carbocycles. The van der Waals surface area contributed by atoms with Gasteiger partial charge in [0.25, 0.3) is 0 Å². The van der Waals surface area contributed by atoms with Crippen LogP contribution in [0.1, 0.15) is 28.5 Å². The molecule has 18 heavy (non-hydrogen) atoms. The third-order valence-electron chi connectivity index (χ3n) is 3.01. The third kappa shape index (κ3) is 2.43. The Labute approximate surface area is 108 Å². The molecule has 0 radical (unpaired) electrons. The molecule has 0 aliphatic rings. The van der Waals surface area contributed by atoms with Crippen LogP contribution in [0, 0.1) is 0 Å². The van der Waals surface area contributed by atoms with E-state index >= 15 is 0 Å². The van der Waals surface area contributed by atoms with Gasteiger partial charge in [0.1, 0.15) is 0 Å². The molecule has 2 nitrogen and oxygen atoms in total. The molecule has 0 aliphatic heterocycles. The van der Waals surface area contributed by atoms with Crippen molar-refractivity contribution in [3.8, 4) is 0 Å². The molecule has 2 rings (SSSR count). The molecule has 1 aromatic heterocycles. The van der Waals surface area contributed by atoms with Gasteiger partial charge in [-0.2, -0.15) is 0 Å². The predicted octanol–water partition coefficient (Wildman–Crippen LogP) is 3.47. The highest BCUT2D eigenvalue weighted by molar-refractivity contribution is 6.08. The number of allylic oxidation sites excluding steroid dienone is 1. The normalized spacial score (nSPS) is 10.3. The zero-order valence-electron chi connectivity index (χ0n) is 10.6. The maximum Gasteiger partial charge on any atom is 0.209 e. The number of carbonyl (C=O) groups is 1. The van der Waals surface area contributed by atoms with E-state index in [1.807, 2.05) is 47.2 Å². The van der Waals surface area contributed by atoms with Crippen molar-refractivity contribution in [2.45, 2.75) is 19.9 Å². The first-order valence-corrected chi connectivity index (χ1v) is 6.16. The molecule has 0 unspecified atom stereocenters. The van der Waals surface area contributed by atoms with E-state index in [2.05, 4.69) is 13.5 Å². The van der Waals surface area contributed by atoms with Crippen molar-refractivity contribution in [1.29, 1.82) is 0 Å². The maximum atomic E-state index is 12.3. The van der Waals surface area contributed by atoms with Gasteiger partial charge in [-0.3, -0.25) is 4.79 Å². The summed E-state index contributed by atoms with van der Waals surface area (Å²) in [5.41, 5.74) is 2.68. The van der Waals surface area contributed by atoms with Crippen LogP contribution in [0.25, 0.3) is 0 Å². The molecule has 0 N–H and O–H groups in total. The number of carbonyl (C=O) groups excluding carboxylic acids is 1. The summed E-state index contributed by atoms with van der Waals surface area (Å²) in [5.74, 6) is 0.0597. The molecule has 0 atom stereocenters. The van der Waals surface area contributed by atoms with E-state index in [9.17, 15) is 4.79 Å². The average Bonchev–Trinajstić information content (AvgIpc) is 2.87. The summed E-state index contributed by atoms with van der Waals surface area (Å²) in [7, 11) is 0. The Morgan fingerprint density at radius 1 is 1.28 bits per heavy atom. The molecule has 0 saturated carbocycles. The van der Waals surface area contributed by atoms with Gasteiger partial charge in [0, 0.05) is 18.3 Å². The zero-order valence-corrected chi connectivity index (χ0v) is 10.6. The summed E-state index contributed by atoms with van der Waals surface area (Å²) >= 11 is 0. The van der Waals surface area contributed by atoms with E-state index in [0.29, 0.717) is 12.2 Å². The number of hydrogen-bond acceptors (Lipinski definition) is 1. The van der Waals surface area contributed by atoms with Crippen molar-refractivity contribution < 1.29 is 4.79 Å². The van der Waals surface area contributed by atoms with Gasteiger partial charge in [-0.25, -0.2) is 0 Å². The van der Waals surface area contributed by atoms with Gasteiger partial charge in [0.05, 0.1) is 5.69 Å². The van der Waals surface area contributed by atoms with Gasteiger partial charge in [0.15, 0.2) is 0 Å². The largest absolute Gasteiger partial charge is 0.341 e. The monoisotopic (exact) mass is 239 g/mol. The minimum atomic E-state index is 0.0597. The van der Waals surface area contributed by atoms with Crippen LogP contribution in [-0.4, -0.2) is 10.4 Å². The molecule has 0 spiro atoms. The summed E-state index contributed by atoms with van der Waals surface area (Å²) in [6, 6.07) is 11.5. The van der Waals surface area contributed by atoms with Gasteiger partial charge in [-0.1, -0.05) is 37.3 Å². The standard InChI is InChI=1S/C16H17NO/c1-3-11-17-12-5-6-15(17)16(18)14-9-7-13(4-2)8-10-14/h3,5-10,12H,1,4,11H2,2H3. The van der Waals surface area contributed by atoms with E-state index in [-0.39, 0.29) is 5.78 Å². The van der Waals surface area contributed by atoms with E-state index in [1.165, 1.54) is 5.56 Å².